The van der Waals surface area contributed by atoms with Crippen molar-refractivity contribution in [3.8, 4) is 33.8 Å². The van der Waals surface area contributed by atoms with Crippen molar-refractivity contribution in [2.75, 3.05) is 0 Å². The number of aromatic nitrogens is 6. The minimum atomic E-state index is -0.458. The molecule has 0 unspecified atom stereocenters. The minimum Gasteiger partial charge on any atom is -0.285 e. The largest absolute Gasteiger partial charge is 0.285 e. The highest BCUT2D eigenvalue weighted by Gasteiger charge is 2.20. The van der Waals surface area contributed by atoms with E-state index in [-0.39, 0.29) is 22.6 Å². The molecule has 0 saturated carbocycles. The van der Waals surface area contributed by atoms with Gasteiger partial charge in [0.1, 0.15) is 11.4 Å². The molecule has 126 valence electrons. The second-order valence-electron chi connectivity index (χ2n) is 5.45. The van der Waals surface area contributed by atoms with Crippen molar-refractivity contribution < 1.29 is 0 Å². The third kappa shape index (κ3) is 2.69. The Balaban J connectivity index is 1.98. The van der Waals surface area contributed by atoms with E-state index in [4.69, 9.17) is 0 Å². The van der Waals surface area contributed by atoms with E-state index in [2.05, 4.69) is 30.8 Å². The van der Waals surface area contributed by atoms with Gasteiger partial charge in [0, 0.05) is 5.56 Å². The summed E-state index contributed by atoms with van der Waals surface area (Å²) in [4.78, 5) is 25.3. The molecule has 2 N–H and O–H groups in total. The Morgan fingerprint density at radius 3 is 2.00 bits per heavy atom. The molecule has 8 nitrogen and oxygen atoms in total. The van der Waals surface area contributed by atoms with E-state index in [0.717, 1.165) is 0 Å². The molecule has 0 aliphatic rings. The summed E-state index contributed by atoms with van der Waals surface area (Å²) in [7, 11) is 0. The van der Waals surface area contributed by atoms with E-state index in [0.29, 0.717) is 11.1 Å². The summed E-state index contributed by atoms with van der Waals surface area (Å²) < 4.78 is 0. The SMILES string of the molecule is O=c1[nH]nnc(-c2n[nH]nc(-c3ccccc3)c2=O)c1-c1ccccc1. The third-order valence-corrected chi connectivity index (χ3v) is 3.85. The second-order valence-corrected chi connectivity index (χ2v) is 5.45. The normalized spacial score (nSPS) is 10.6. The lowest BCUT2D eigenvalue weighted by Crippen LogP contribution is -2.20. The number of nitrogens with one attached hydrogen (secondary N) is 2. The van der Waals surface area contributed by atoms with Crippen LogP contribution in [-0.2, 0) is 0 Å². The van der Waals surface area contributed by atoms with Crippen LogP contribution < -0.4 is 11.0 Å². The Bertz CT molecular complexity index is 1170. The molecule has 0 atom stereocenters. The average Bonchev–Trinajstić information content (AvgIpc) is 2.69. The van der Waals surface area contributed by atoms with Crippen molar-refractivity contribution in [1.82, 2.24) is 30.8 Å². The first kappa shape index (κ1) is 15.6. The molecule has 4 aromatic rings. The molecule has 8 heteroatoms. The number of hydrogen-bond donors (Lipinski definition) is 2. The highest BCUT2D eigenvalue weighted by Crippen LogP contribution is 2.24. The van der Waals surface area contributed by atoms with Gasteiger partial charge in [-0.1, -0.05) is 65.9 Å². The Kier molecular flexibility index (Phi) is 3.91. The van der Waals surface area contributed by atoms with Gasteiger partial charge in [-0.3, -0.25) is 9.59 Å². The van der Waals surface area contributed by atoms with Crippen LogP contribution in [-0.4, -0.2) is 30.8 Å². The van der Waals surface area contributed by atoms with Gasteiger partial charge in [-0.15, -0.1) is 5.10 Å². The fraction of sp³-hybridized carbons (Fsp3) is 0. The van der Waals surface area contributed by atoms with Crippen LogP contribution >= 0.6 is 0 Å². The maximum atomic E-state index is 12.9. The van der Waals surface area contributed by atoms with E-state index >= 15 is 0 Å². The third-order valence-electron chi connectivity index (χ3n) is 3.85. The summed E-state index contributed by atoms with van der Waals surface area (Å²) >= 11 is 0. The zero-order valence-electron chi connectivity index (χ0n) is 13.4. The fourth-order valence-electron chi connectivity index (χ4n) is 2.66. The van der Waals surface area contributed by atoms with Crippen LogP contribution in [0.25, 0.3) is 33.8 Å². The van der Waals surface area contributed by atoms with Crippen molar-refractivity contribution in [3.63, 3.8) is 0 Å². The molecule has 0 spiro atoms. The summed E-state index contributed by atoms with van der Waals surface area (Å²) in [5.74, 6) is 0. The number of rotatable bonds is 3. The van der Waals surface area contributed by atoms with Gasteiger partial charge in [-0.05, 0) is 5.56 Å². The van der Waals surface area contributed by atoms with Gasteiger partial charge >= 0.3 is 0 Å². The molecular weight excluding hydrogens is 332 g/mol. The molecule has 0 aliphatic carbocycles. The van der Waals surface area contributed by atoms with Crippen LogP contribution in [0.3, 0.4) is 0 Å². The van der Waals surface area contributed by atoms with E-state index in [9.17, 15) is 9.59 Å². The number of nitrogens with zero attached hydrogens (tertiary/aromatic N) is 4. The van der Waals surface area contributed by atoms with Crippen LogP contribution in [0.1, 0.15) is 0 Å². The summed E-state index contributed by atoms with van der Waals surface area (Å²) in [6.45, 7) is 0. The zero-order valence-corrected chi connectivity index (χ0v) is 13.4. The maximum absolute atomic E-state index is 12.9. The molecule has 0 bridgehead atoms. The van der Waals surface area contributed by atoms with Crippen LogP contribution in [0.4, 0.5) is 0 Å². The smallest absolute Gasteiger partial charge is 0.275 e. The van der Waals surface area contributed by atoms with Gasteiger partial charge in [0.2, 0.25) is 5.43 Å². The molecule has 2 aromatic carbocycles. The second kappa shape index (κ2) is 6.52. The Morgan fingerprint density at radius 1 is 0.692 bits per heavy atom. The number of benzene rings is 2. The first-order chi connectivity index (χ1) is 12.8. The lowest BCUT2D eigenvalue weighted by molar-refractivity contribution is 0.826. The highest BCUT2D eigenvalue weighted by atomic mass is 16.1. The van der Waals surface area contributed by atoms with Gasteiger partial charge in [0.25, 0.3) is 5.56 Å². The van der Waals surface area contributed by atoms with Crippen molar-refractivity contribution in [2.45, 2.75) is 0 Å². The summed E-state index contributed by atoms with van der Waals surface area (Å²) in [5, 5.41) is 20.3. The number of H-pyrrole nitrogens is 2. The lowest BCUT2D eigenvalue weighted by Gasteiger charge is -2.06. The first-order valence-corrected chi connectivity index (χ1v) is 7.77. The molecule has 0 aliphatic heterocycles. The number of aromatic amines is 2. The first-order valence-electron chi connectivity index (χ1n) is 7.77. The van der Waals surface area contributed by atoms with Crippen molar-refractivity contribution in [3.05, 3.63) is 81.2 Å². The predicted octanol–water partition coefficient (Wildman–Crippen LogP) is 1.64. The van der Waals surface area contributed by atoms with Crippen molar-refractivity contribution in [2.24, 2.45) is 0 Å². The molecule has 26 heavy (non-hydrogen) atoms. The topological polar surface area (TPSA) is 117 Å². The molecular formula is C18H12N6O2. The summed E-state index contributed by atoms with van der Waals surface area (Å²) in [6.07, 6.45) is 0. The zero-order chi connectivity index (χ0) is 17.9. The average molecular weight is 344 g/mol. The van der Waals surface area contributed by atoms with Crippen molar-refractivity contribution in [1.29, 1.82) is 0 Å². The number of hydrogen-bond acceptors (Lipinski definition) is 6. The van der Waals surface area contributed by atoms with Crippen LogP contribution in [0.5, 0.6) is 0 Å². The van der Waals surface area contributed by atoms with Crippen molar-refractivity contribution >= 4 is 0 Å². The van der Waals surface area contributed by atoms with E-state index in [1.165, 1.54) is 0 Å². The van der Waals surface area contributed by atoms with Gasteiger partial charge in [-0.25, -0.2) is 5.10 Å². The summed E-state index contributed by atoms with van der Waals surface area (Å²) in [5.41, 5.74) is 0.847. The minimum absolute atomic E-state index is 0.0173. The molecule has 2 aromatic heterocycles. The van der Waals surface area contributed by atoms with Crippen LogP contribution in [0.2, 0.25) is 0 Å². The van der Waals surface area contributed by atoms with E-state index in [1.807, 2.05) is 12.1 Å². The Hall–Kier alpha value is -3.94. The Labute approximate surface area is 146 Å². The predicted molar refractivity (Wildman–Crippen MR) is 95.2 cm³/mol. The lowest BCUT2D eigenvalue weighted by atomic mass is 10.0. The van der Waals surface area contributed by atoms with Gasteiger partial charge < -0.3 is 0 Å². The van der Waals surface area contributed by atoms with E-state index in [1.54, 1.807) is 48.5 Å². The summed E-state index contributed by atoms with van der Waals surface area (Å²) in [6, 6.07) is 17.9. The maximum Gasteiger partial charge on any atom is 0.275 e. The van der Waals surface area contributed by atoms with Gasteiger partial charge in [-0.2, -0.15) is 15.4 Å². The molecule has 0 fully saturated rings. The molecule has 4 rings (SSSR count). The molecule has 0 radical (unpaired) electrons. The Morgan fingerprint density at radius 2 is 1.31 bits per heavy atom. The highest BCUT2D eigenvalue weighted by molar-refractivity contribution is 5.79. The van der Waals surface area contributed by atoms with Gasteiger partial charge in [0.15, 0.2) is 5.69 Å². The quantitative estimate of drug-likeness (QED) is 0.583. The standard InChI is InChI=1S/C18H12N6O2/c25-17-14(12-9-5-2-6-10-12)19-23-21-16(17)15-13(18(26)22-24-20-15)11-7-3-1-4-8-11/h1-10H,(H,23,25)(H,20,22,26). The molecule has 0 saturated heterocycles. The van der Waals surface area contributed by atoms with Crippen LogP contribution in [0, 0.1) is 0 Å². The molecule has 0 amide bonds. The van der Waals surface area contributed by atoms with E-state index < -0.39 is 11.0 Å². The molecule has 2 heterocycles. The van der Waals surface area contributed by atoms with Gasteiger partial charge in [0.05, 0.1) is 5.56 Å². The fourth-order valence-corrected chi connectivity index (χ4v) is 2.66. The van der Waals surface area contributed by atoms with Crippen LogP contribution in [0.15, 0.2) is 70.3 Å². The monoisotopic (exact) mass is 344 g/mol.